The SMILES string of the molecule is CC(C)N(CC1CCCN1)c1ccc(C(N)=O)cc1Br. The molecule has 2 rings (SSSR count). The zero-order valence-corrected chi connectivity index (χ0v) is 13.6. The van der Waals surface area contributed by atoms with E-state index in [1.807, 2.05) is 6.07 Å². The lowest BCUT2D eigenvalue weighted by molar-refractivity contribution is 0.100. The Morgan fingerprint density at radius 2 is 2.30 bits per heavy atom. The molecule has 1 heterocycles. The molecule has 0 saturated carbocycles. The van der Waals surface area contributed by atoms with Crippen LogP contribution in [0.5, 0.6) is 0 Å². The van der Waals surface area contributed by atoms with Crippen molar-refractivity contribution in [1.29, 1.82) is 0 Å². The predicted octanol–water partition coefficient (Wildman–Crippen LogP) is 2.51. The highest BCUT2D eigenvalue weighted by Crippen LogP contribution is 2.29. The Morgan fingerprint density at radius 1 is 1.55 bits per heavy atom. The number of carbonyl (C=O) groups excluding carboxylic acids is 1. The first-order valence-corrected chi connectivity index (χ1v) is 7.87. The average molecular weight is 340 g/mol. The number of amides is 1. The standard InChI is InChI=1S/C15H22BrN3O/c1-10(2)19(9-12-4-3-7-18-12)14-6-5-11(15(17)20)8-13(14)16/h5-6,8,10,12,18H,3-4,7,9H2,1-2H3,(H2,17,20). The molecule has 1 amide bonds. The van der Waals surface area contributed by atoms with Crippen molar-refractivity contribution in [3.63, 3.8) is 0 Å². The third-order valence-electron chi connectivity index (χ3n) is 3.74. The van der Waals surface area contributed by atoms with Crippen molar-refractivity contribution in [2.45, 2.75) is 38.8 Å². The normalized spacial score (nSPS) is 18.5. The fraction of sp³-hybridized carbons (Fsp3) is 0.533. The van der Waals surface area contributed by atoms with E-state index in [0.717, 1.165) is 23.2 Å². The maximum atomic E-state index is 11.2. The quantitative estimate of drug-likeness (QED) is 0.866. The Kier molecular flexibility index (Phi) is 5.05. The maximum Gasteiger partial charge on any atom is 0.248 e. The highest BCUT2D eigenvalue weighted by molar-refractivity contribution is 9.10. The summed E-state index contributed by atoms with van der Waals surface area (Å²) in [5.41, 5.74) is 6.96. The van der Waals surface area contributed by atoms with Crippen LogP contribution in [-0.2, 0) is 0 Å². The van der Waals surface area contributed by atoms with E-state index in [0.29, 0.717) is 17.6 Å². The molecule has 0 spiro atoms. The van der Waals surface area contributed by atoms with Gasteiger partial charge in [-0.05, 0) is 67.4 Å². The van der Waals surface area contributed by atoms with Crippen LogP contribution in [0, 0.1) is 0 Å². The maximum absolute atomic E-state index is 11.2. The molecule has 5 heteroatoms. The van der Waals surface area contributed by atoms with Crippen LogP contribution in [0.3, 0.4) is 0 Å². The fourth-order valence-electron chi connectivity index (χ4n) is 2.63. The number of anilines is 1. The number of carbonyl (C=O) groups is 1. The minimum absolute atomic E-state index is 0.396. The Morgan fingerprint density at radius 3 is 2.80 bits per heavy atom. The van der Waals surface area contributed by atoms with Gasteiger partial charge in [0, 0.05) is 28.7 Å². The van der Waals surface area contributed by atoms with Crippen LogP contribution in [0.1, 0.15) is 37.0 Å². The number of nitrogens with zero attached hydrogens (tertiary/aromatic N) is 1. The Hall–Kier alpha value is -1.07. The second-order valence-corrected chi connectivity index (χ2v) is 6.42. The Bertz CT molecular complexity index is 484. The Labute approximate surface area is 128 Å². The van der Waals surface area contributed by atoms with Crippen molar-refractivity contribution < 1.29 is 4.79 Å². The zero-order chi connectivity index (χ0) is 14.7. The summed E-state index contributed by atoms with van der Waals surface area (Å²) in [6, 6.07) is 6.50. The van der Waals surface area contributed by atoms with Gasteiger partial charge in [0.25, 0.3) is 0 Å². The number of nitrogens with one attached hydrogen (secondary N) is 1. The van der Waals surface area contributed by atoms with Crippen molar-refractivity contribution >= 4 is 27.5 Å². The Balaban J connectivity index is 2.22. The molecule has 1 aromatic carbocycles. The summed E-state index contributed by atoms with van der Waals surface area (Å²) in [4.78, 5) is 13.6. The second kappa shape index (κ2) is 6.59. The van der Waals surface area contributed by atoms with Gasteiger partial charge in [-0.1, -0.05) is 0 Å². The number of hydrogen-bond acceptors (Lipinski definition) is 3. The molecule has 1 aliphatic rings. The number of nitrogens with two attached hydrogens (primary N) is 1. The summed E-state index contributed by atoms with van der Waals surface area (Å²) in [7, 11) is 0. The van der Waals surface area contributed by atoms with E-state index in [4.69, 9.17) is 5.73 Å². The molecule has 1 saturated heterocycles. The summed E-state index contributed by atoms with van der Waals surface area (Å²) >= 11 is 3.56. The molecule has 4 nitrogen and oxygen atoms in total. The summed E-state index contributed by atoms with van der Waals surface area (Å²) in [5.74, 6) is -0.397. The number of halogens is 1. The molecule has 3 N–H and O–H groups in total. The fourth-order valence-corrected chi connectivity index (χ4v) is 3.24. The highest BCUT2D eigenvalue weighted by atomic mass is 79.9. The molecule has 1 fully saturated rings. The predicted molar refractivity (Wildman–Crippen MR) is 86.2 cm³/mol. The van der Waals surface area contributed by atoms with Crippen molar-refractivity contribution in [1.82, 2.24) is 5.32 Å². The van der Waals surface area contributed by atoms with Gasteiger partial charge in [-0.15, -0.1) is 0 Å². The molecule has 0 bridgehead atoms. The van der Waals surface area contributed by atoms with E-state index in [2.05, 4.69) is 40.0 Å². The average Bonchev–Trinajstić information content (AvgIpc) is 2.89. The van der Waals surface area contributed by atoms with Crippen LogP contribution >= 0.6 is 15.9 Å². The minimum atomic E-state index is -0.397. The first-order valence-electron chi connectivity index (χ1n) is 7.08. The zero-order valence-electron chi connectivity index (χ0n) is 12.0. The molecule has 1 atom stereocenters. The summed E-state index contributed by atoms with van der Waals surface area (Å²) in [6.45, 7) is 6.46. The lowest BCUT2D eigenvalue weighted by Gasteiger charge is -2.32. The monoisotopic (exact) mass is 339 g/mol. The molecular weight excluding hydrogens is 318 g/mol. The van der Waals surface area contributed by atoms with E-state index < -0.39 is 5.91 Å². The van der Waals surface area contributed by atoms with Gasteiger partial charge in [-0.25, -0.2) is 0 Å². The van der Waals surface area contributed by atoms with Gasteiger partial charge in [0.2, 0.25) is 5.91 Å². The molecule has 0 aromatic heterocycles. The third-order valence-corrected chi connectivity index (χ3v) is 4.38. The van der Waals surface area contributed by atoms with Crippen LogP contribution in [-0.4, -0.2) is 31.1 Å². The second-order valence-electron chi connectivity index (χ2n) is 5.57. The van der Waals surface area contributed by atoms with Crippen molar-refractivity contribution in [3.05, 3.63) is 28.2 Å². The van der Waals surface area contributed by atoms with Gasteiger partial charge < -0.3 is 16.0 Å². The van der Waals surface area contributed by atoms with Crippen molar-refractivity contribution in [3.8, 4) is 0 Å². The molecule has 1 aromatic rings. The van der Waals surface area contributed by atoms with Crippen LogP contribution in [0.4, 0.5) is 5.69 Å². The minimum Gasteiger partial charge on any atom is -0.367 e. The van der Waals surface area contributed by atoms with Crippen LogP contribution in [0.25, 0.3) is 0 Å². The molecule has 0 radical (unpaired) electrons. The van der Waals surface area contributed by atoms with Gasteiger partial charge >= 0.3 is 0 Å². The van der Waals surface area contributed by atoms with Crippen LogP contribution in [0.2, 0.25) is 0 Å². The van der Waals surface area contributed by atoms with Gasteiger partial charge in [0.1, 0.15) is 0 Å². The molecule has 1 unspecified atom stereocenters. The molecule has 20 heavy (non-hydrogen) atoms. The first kappa shape index (κ1) is 15.3. The van der Waals surface area contributed by atoms with E-state index in [9.17, 15) is 4.79 Å². The smallest absolute Gasteiger partial charge is 0.248 e. The molecule has 110 valence electrons. The van der Waals surface area contributed by atoms with Gasteiger partial charge in [0.05, 0.1) is 5.69 Å². The summed E-state index contributed by atoms with van der Waals surface area (Å²) in [5, 5.41) is 3.53. The lowest BCUT2D eigenvalue weighted by Crippen LogP contribution is -2.41. The molecule has 0 aliphatic carbocycles. The number of rotatable bonds is 5. The van der Waals surface area contributed by atoms with Crippen molar-refractivity contribution in [2.24, 2.45) is 5.73 Å². The summed E-state index contributed by atoms with van der Waals surface area (Å²) < 4.78 is 0.917. The highest BCUT2D eigenvalue weighted by Gasteiger charge is 2.21. The topological polar surface area (TPSA) is 58.4 Å². The number of primary amides is 1. The van der Waals surface area contributed by atoms with Crippen LogP contribution in [0.15, 0.2) is 22.7 Å². The van der Waals surface area contributed by atoms with Crippen molar-refractivity contribution in [2.75, 3.05) is 18.0 Å². The largest absolute Gasteiger partial charge is 0.367 e. The van der Waals surface area contributed by atoms with Gasteiger partial charge in [0.15, 0.2) is 0 Å². The first-order chi connectivity index (χ1) is 9.49. The van der Waals surface area contributed by atoms with E-state index >= 15 is 0 Å². The number of benzene rings is 1. The van der Waals surface area contributed by atoms with E-state index in [-0.39, 0.29) is 0 Å². The van der Waals surface area contributed by atoms with Crippen LogP contribution < -0.4 is 16.0 Å². The number of hydrogen-bond donors (Lipinski definition) is 2. The van der Waals surface area contributed by atoms with Gasteiger partial charge in [-0.2, -0.15) is 0 Å². The van der Waals surface area contributed by atoms with E-state index in [1.54, 1.807) is 12.1 Å². The molecule has 1 aliphatic heterocycles. The summed E-state index contributed by atoms with van der Waals surface area (Å²) in [6.07, 6.45) is 2.47. The molecular formula is C15H22BrN3O. The van der Waals surface area contributed by atoms with Gasteiger partial charge in [-0.3, -0.25) is 4.79 Å². The third kappa shape index (κ3) is 3.52. The lowest BCUT2D eigenvalue weighted by atomic mass is 10.1. The van der Waals surface area contributed by atoms with E-state index in [1.165, 1.54) is 12.8 Å².